The van der Waals surface area contributed by atoms with Crippen LogP contribution in [0.1, 0.15) is 65.2 Å². The monoisotopic (exact) mass is 1000 g/mol. The van der Waals surface area contributed by atoms with Crippen LogP contribution in [0.2, 0.25) is 0 Å². The third-order valence-corrected chi connectivity index (χ3v) is 20.1. The topological polar surface area (TPSA) is 208 Å². The van der Waals surface area contributed by atoms with Gasteiger partial charge in [-0.15, -0.1) is 0 Å². The van der Waals surface area contributed by atoms with Crippen LogP contribution in [0.15, 0.2) is 87.5 Å². The lowest BCUT2D eigenvalue weighted by atomic mass is 10.00. The van der Waals surface area contributed by atoms with Crippen molar-refractivity contribution in [3.8, 4) is 17.2 Å². The van der Waals surface area contributed by atoms with Gasteiger partial charge in [-0.05, 0) is 144 Å². The molecule has 6 saturated heterocycles. The first-order valence-electron chi connectivity index (χ1n) is 23.8. The first-order chi connectivity index (χ1) is 32.4. The summed E-state index contributed by atoms with van der Waals surface area (Å²) in [4.78, 5) is 5.42. The van der Waals surface area contributed by atoms with Crippen LogP contribution in [0.5, 0.6) is 17.2 Å². The van der Waals surface area contributed by atoms with Crippen molar-refractivity contribution in [2.24, 2.45) is 5.92 Å². The van der Waals surface area contributed by atoms with Gasteiger partial charge in [0, 0.05) is 71.2 Å². The molecule has 10 rings (SSSR count). The van der Waals surface area contributed by atoms with E-state index < -0.39 is 47.2 Å². The van der Waals surface area contributed by atoms with Crippen LogP contribution in [0.4, 0.5) is 0 Å². The predicted molar refractivity (Wildman–Crippen MR) is 253 cm³/mol. The highest BCUT2D eigenvalue weighted by Gasteiger charge is 2.53. The number of hydrogen-bond acceptors (Lipinski definition) is 15. The Labute approximate surface area is 402 Å². The lowest BCUT2D eigenvalue weighted by Crippen LogP contribution is -2.58. The number of likely N-dealkylation sites (tertiary alicyclic amines) is 2. The molecular formula is C47H68N6O12S3. The van der Waals surface area contributed by atoms with Crippen molar-refractivity contribution in [1.82, 2.24) is 28.0 Å². The number of nitrogens with zero attached hydrogens (tertiary/aromatic N) is 5. The lowest BCUT2D eigenvalue weighted by molar-refractivity contribution is -0.0979. The third kappa shape index (κ3) is 10.7. The molecular weight excluding hydrogens is 937 g/mol. The molecule has 0 amide bonds. The predicted octanol–water partition coefficient (Wildman–Crippen LogP) is 4.02. The van der Waals surface area contributed by atoms with Gasteiger partial charge in [0.05, 0.1) is 41.6 Å². The highest BCUT2D eigenvalue weighted by molar-refractivity contribution is 7.89. The van der Waals surface area contributed by atoms with Gasteiger partial charge in [0.25, 0.3) is 0 Å². The van der Waals surface area contributed by atoms with E-state index in [1.165, 1.54) is 65.7 Å². The number of piperidine rings is 3. The second-order valence-corrected chi connectivity index (χ2v) is 24.6. The Balaban J connectivity index is 0.000000139. The molecule has 7 aliphatic rings. The fourth-order valence-corrected chi connectivity index (χ4v) is 15.5. The van der Waals surface area contributed by atoms with Gasteiger partial charge in [-0.1, -0.05) is 0 Å². The summed E-state index contributed by atoms with van der Waals surface area (Å²) in [5.74, 6) is 1.54. The van der Waals surface area contributed by atoms with E-state index in [4.69, 9.17) is 18.9 Å². The molecule has 6 aliphatic heterocycles. The average molecular weight is 1010 g/mol. The number of phenolic OH excluding ortho intramolecular Hbond substituents is 2. The summed E-state index contributed by atoms with van der Waals surface area (Å²) in [7, 11) is -9.25. The van der Waals surface area contributed by atoms with Crippen LogP contribution in [0.25, 0.3) is 0 Å². The Bertz CT molecular complexity index is 2490. The van der Waals surface area contributed by atoms with E-state index in [-0.39, 0.29) is 21.3 Å². The zero-order valence-electron chi connectivity index (χ0n) is 39.4. The average Bonchev–Trinajstić information content (AvgIpc) is 3.67. The van der Waals surface area contributed by atoms with Crippen LogP contribution in [-0.4, -0.2) is 174 Å². The van der Waals surface area contributed by atoms with Crippen LogP contribution in [0, 0.1) is 5.92 Å². The second kappa shape index (κ2) is 20.7. The minimum absolute atomic E-state index is 0.0515. The summed E-state index contributed by atoms with van der Waals surface area (Å²) in [5, 5.41) is 21.9. The molecule has 3 spiro atoms. The number of nitrogens with one attached hydrogen (secondary N) is 1. The van der Waals surface area contributed by atoms with Gasteiger partial charge in [0.2, 0.25) is 30.1 Å². The first-order valence-corrected chi connectivity index (χ1v) is 28.1. The number of aromatic hydroxyl groups is 2. The van der Waals surface area contributed by atoms with Gasteiger partial charge >= 0.3 is 0 Å². The Morgan fingerprint density at radius 1 is 0.618 bits per heavy atom. The van der Waals surface area contributed by atoms with Gasteiger partial charge in [-0.2, -0.15) is 12.9 Å². The molecule has 1 aliphatic carbocycles. The number of ether oxygens (including phenoxy) is 4. The van der Waals surface area contributed by atoms with Crippen molar-refractivity contribution in [3.63, 3.8) is 0 Å². The van der Waals surface area contributed by atoms with Crippen molar-refractivity contribution in [2.75, 3.05) is 92.4 Å². The fourth-order valence-electron chi connectivity index (χ4n) is 10.4. The summed E-state index contributed by atoms with van der Waals surface area (Å²) in [6.45, 7) is 12.7. The summed E-state index contributed by atoms with van der Waals surface area (Å²) in [6, 6.07) is 18.4. The molecule has 376 valence electrons. The molecule has 21 heteroatoms. The van der Waals surface area contributed by atoms with Gasteiger partial charge in [0.15, 0.2) is 0 Å². The first kappa shape index (κ1) is 50.9. The Morgan fingerprint density at radius 2 is 1.07 bits per heavy atom. The zero-order valence-corrected chi connectivity index (χ0v) is 41.8. The van der Waals surface area contributed by atoms with Crippen molar-refractivity contribution in [3.05, 3.63) is 72.8 Å². The number of methoxy groups -OCH3 is 1. The highest BCUT2D eigenvalue weighted by atomic mass is 32.2. The van der Waals surface area contributed by atoms with E-state index in [2.05, 4.69) is 29.0 Å². The Hall–Kier alpha value is -3.45. The quantitative estimate of drug-likeness (QED) is 0.262. The smallest absolute Gasteiger partial charge is 0.245 e. The molecule has 3 aromatic rings. The van der Waals surface area contributed by atoms with Crippen molar-refractivity contribution in [2.45, 2.75) is 103 Å². The molecule has 2 unspecified atom stereocenters. The van der Waals surface area contributed by atoms with Crippen molar-refractivity contribution < 1.29 is 54.4 Å². The van der Waals surface area contributed by atoms with Crippen LogP contribution >= 0.6 is 0 Å². The number of hydrogen-bond donors (Lipinski definition) is 3. The molecule has 0 radical (unpaired) electrons. The van der Waals surface area contributed by atoms with E-state index in [1.807, 2.05) is 0 Å². The summed E-state index contributed by atoms with van der Waals surface area (Å²) >= 11 is 0. The van der Waals surface area contributed by atoms with E-state index >= 15 is 0 Å². The molecule has 3 aromatic carbocycles. The molecule has 0 aromatic heterocycles. The van der Waals surface area contributed by atoms with Gasteiger partial charge in [-0.25, -0.2) is 25.3 Å². The van der Waals surface area contributed by atoms with Gasteiger partial charge in [0.1, 0.15) is 34.4 Å². The zero-order chi connectivity index (χ0) is 48.4. The Morgan fingerprint density at radius 3 is 1.54 bits per heavy atom. The molecule has 0 bridgehead atoms. The molecule has 68 heavy (non-hydrogen) atoms. The highest BCUT2D eigenvalue weighted by Crippen LogP contribution is 2.41. The second-order valence-electron chi connectivity index (χ2n) is 19.0. The fraction of sp³-hybridized carbons (Fsp3) is 0.617. The summed E-state index contributed by atoms with van der Waals surface area (Å²) in [5.41, 5.74) is -2.18. The van der Waals surface area contributed by atoms with E-state index in [0.717, 1.165) is 57.9 Å². The maximum Gasteiger partial charge on any atom is 0.245 e. The SMILES string of the molecule is COc1ccc(S(=O)(=O)N2CCOC23CCN(C(C)C)CC3)cc1.O=S(=O)(c1ccc(O)cc1)N1CCOC12CCCN(CC1CC1)C2.O=S(=O)(c1ccc(O)cc1)N1CCOC12CCCNC2. The van der Waals surface area contributed by atoms with Crippen molar-refractivity contribution >= 4 is 30.1 Å². The minimum atomic E-state index is -3.63. The number of benzene rings is 3. The van der Waals surface area contributed by atoms with Crippen molar-refractivity contribution in [1.29, 1.82) is 0 Å². The molecule has 7 fully saturated rings. The van der Waals surface area contributed by atoms with Gasteiger partial charge in [-0.3, -0.25) is 4.90 Å². The van der Waals surface area contributed by atoms with Crippen LogP contribution < -0.4 is 10.1 Å². The van der Waals surface area contributed by atoms with Crippen LogP contribution in [-0.2, 0) is 44.3 Å². The summed E-state index contributed by atoms with van der Waals surface area (Å²) < 4.78 is 105. The number of phenols is 2. The molecule has 6 heterocycles. The molecule has 18 nitrogen and oxygen atoms in total. The lowest BCUT2D eigenvalue weighted by Gasteiger charge is -2.44. The standard InChI is InChI=1S/C17H24N2O4S.C17H26N2O4S.C13H18N2O4S/c20-15-4-6-16(7-5-15)24(21,22)19-10-11-23-17(19)8-1-9-18(13-17)12-14-2-3-14;1-14(2)18-10-8-17(9-11-18)19(12-13-23-17)24(20,21)16-6-4-15(22-3)5-7-16;16-11-2-4-12(5-3-11)20(17,18)15-8-9-19-13(15)6-1-7-14-10-13/h4-7,14,20H,1-3,8-13H2;4-7,14H,8-13H2,1-3H3;2-5,14,16H,1,6-10H2. The normalized spacial score (nSPS) is 26.5. The number of sulfonamides is 3. The number of rotatable bonds is 10. The van der Waals surface area contributed by atoms with E-state index in [9.17, 15) is 35.5 Å². The van der Waals surface area contributed by atoms with Crippen LogP contribution in [0.3, 0.4) is 0 Å². The Kier molecular flexibility index (Phi) is 15.5. The molecule has 2 atom stereocenters. The molecule has 1 saturated carbocycles. The summed E-state index contributed by atoms with van der Waals surface area (Å²) in [6.07, 6.45) is 7.29. The van der Waals surface area contributed by atoms with Gasteiger partial charge < -0.3 is 39.4 Å². The molecule has 3 N–H and O–H groups in total. The minimum Gasteiger partial charge on any atom is -0.508 e. The van der Waals surface area contributed by atoms with E-state index in [0.29, 0.717) is 88.5 Å². The maximum atomic E-state index is 13.1. The third-order valence-electron chi connectivity index (χ3n) is 14.2. The maximum absolute atomic E-state index is 13.1. The van der Waals surface area contributed by atoms with E-state index in [1.54, 1.807) is 40.0 Å². The largest absolute Gasteiger partial charge is 0.508 e.